The zero-order valence-electron chi connectivity index (χ0n) is 13.7. The predicted octanol–water partition coefficient (Wildman–Crippen LogP) is 3.33. The van der Waals surface area contributed by atoms with E-state index in [2.05, 4.69) is 10.4 Å². The van der Waals surface area contributed by atoms with E-state index in [0.717, 1.165) is 16.2 Å². The van der Waals surface area contributed by atoms with Gasteiger partial charge in [-0.2, -0.15) is 30.0 Å². The third kappa shape index (κ3) is 3.06. The average molecular weight is 386 g/mol. The molecule has 2 aromatic heterocycles. The second-order valence-corrected chi connectivity index (χ2v) is 7.49. The molecule has 0 radical (unpaired) electrons. The van der Waals surface area contributed by atoms with Gasteiger partial charge in [-0.1, -0.05) is 0 Å². The Morgan fingerprint density at radius 3 is 2.77 bits per heavy atom. The smallest absolute Gasteiger partial charge is 0.410 e. The van der Waals surface area contributed by atoms with Crippen molar-refractivity contribution in [2.24, 2.45) is 0 Å². The molecule has 140 valence electrons. The van der Waals surface area contributed by atoms with Crippen molar-refractivity contribution in [3.05, 3.63) is 35.9 Å². The summed E-state index contributed by atoms with van der Waals surface area (Å²) in [5.41, 5.74) is 0.169. The van der Waals surface area contributed by atoms with Crippen LogP contribution in [0.25, 0.3) is 0 Å². The van der Waals surface area contributed by atoms with Crippen molar-refractivity contribution in [2.75, 3.05) is 29.9 Å². The molecule has 2 atom stereocenters. The number of hydrogen-bond donors (Lipinski definition) is 1. The normalized spacial score (nSPS) is 23.4. The topological polar surface area (TPSA) is 63.3 Å². The third-order valence-electron chi connectivity index (χ3n) is 4.65. The van der Waals surface area contributed by atoms with E-state index in [-0.39, 0.29) is 23.7 Å². The zero-order valence-corrected chi connectivity index (χ0v) is 14.5. The van der Waals surface area contributed by atoms with Crippen molar-refractivity contribution in [3.63, 3.8) is 0 Å². The van der Waals surface area contributed by atoms with Crippen LogP contribution in [-0.2, 0) is 0 Å². The molecule has 0 aliphatic carbocycles. The molecule has 1 amide bonds. The second-order valence-electron chi connectivity index (χ2n) is 6.26. The number of thioether (sulfide) groups is 1. The van der Waals surface area contributed by atoms with Crippen molar-refractivity contribution in [3.8, 4) is 0 Å². The van der Waals surface area contributed by atoms with E-state index in [1.165, 1.54) is 12.5 Å². The fraction of sp³-hybridized carbons (Fsp3) is 0.500. The van der Waals surface area contributed by atoms with Crippen molar-refractivity contribution in [1.82, 2.24) is 14.7 Å². The van der Waals surface area contributed by atoms with Crippen LogP contribution in [0.2, 0.25) is 0 Å². The van der Waals surface area contributed by atoms with E-state index in [1.54, 1.807) is 28.8 Å². The molecule has 1 N–H and O–H groups in total. The molecule has 0 saturated carbocycles. The number of nitrogens with one attached hydrogen (secondary N) is 1. The van der Waals surface area contributed by atoms with Crippen molar-refractivity contribution >= 4 is 23.5 Å². The maximum atomic E-state index is 13.6. The summed E-state index contributed by atoms with van der Waals surface area (Å²) in [6.07, 6.45) is -2.08. The highest BCUT2D eigenvalue weighted by Gasteiger charge is 2.48. The van der Waals surface area contributed by atoms with E-state index < -0.39 is 18.3 Å². The number of halogens is 3. The van der Waals surface area contributed by atoms with Gasteiger partial charge in [0.15, 0.2) is 6.04 Å². The first kappa shape index (κ1) is 17.3. The Balaban J connectivity index is 1.70. The standard InChI is InChI=1S/C16H17F3N4O2S/c17-16(18,19)13-8-11(12-2-1-5-25-12)21-14-10(9-20-23(13)14)15(24)22-3-6-26-7-4-22/h1-2,5,9,11,13,21H,3-4,6-8H2/t11-,13+/m1/s1. The molecular weight excluding hydrogens is 369 g/mol. The van der Waals surface area contributed by atoms with Gasteiger partial charge in [-0.25, -0.2) is 4.68 Å². The number of aromatic nitrogens is 2. The van der Waals surface area contributed by atoms with Crippen LogP contribution in [0, 0.1) is 0 Å². The number of furan rings is 1. The Bertz CT molecular complexity index is 784. The van der Waals surface area contributed by atoms with Crippen LogP contribution >= 0.6 is 11.8 Å². The van der Waals surface area contributed by atoms with Crippen molar-refractivity contribution in [2.45, 2.75) is 24.7 Å². The summed E-state index contributed by atoms with van der Waals surface area (Å²) in [5.74, 6) is 1.86. The summed E-state index contributed by atoms with van der Waals surface area (Å²) in [5, 5.41) is 6.91. The summed E-state index contributed by atoms with van der Waals surface area (Å²) in [4.78, 5) is 14.5. The van der Waals surface area contributed by atoms with Crippen LogP contribution in [0.5, 0.6) is 0 Å². The fourth-order valence-electron chi connectivity index (χ4n) is 3.33. The number of alkyl halides is 3. The minimum atomic E-state index is -4.48. The van der Waals surface area contributed by atoms with Crippen LogP contribution in [0.3, 0.4) is 0 Å². The van der Waals surface area contributed by atoms with Gasteiger partial charge in [0.1, 0.15) is 17.1 Å². The number of carbonyl (C=O) groups excluding carboxylic acids is 1. The minimum absolute atomic E-state index is 0.100. The lowest BCUT2D eigenvalue weighted by atomic mass is 10.0. The number of anilines is 1. The largest absolute Gasteiger partial charge is 0.467 e. The van der Waals surface area contributed by atoms with Gasteiger partial charge < -0.3 is 14.6 Å². The average Bonchev–Trinajstić information content (AvgIpc) is 3.30. The highest BCUT2D eigenvalue weighted by Crippen LogP contribution is 2.44. The lowest BCUT2D eigenvalue weighted by Crippen LogP contribution is -2.39. The van der Waals surface area contributed by atoms with Gasteiger partial charge in [0.25, 0.3) is 5.91 Å². The first-order chi connectivity index (χ1) is 12.4. The van der Waals surface area contributed by atoms with Gasteiger partial charge in [-0.15, -0.1) is 0 Å². The number of hydrogen-bond acceptors (Lipinski definition) is 5. The number of carbonyl (C=O) groups is 1. The highest BCUT2D eigenvalue weighted by atomic mass is 32.2. The minimum Gasteiger partial charge on any atom is -0.467 e. The third-order valence-corrected chi connectivity index (χ3v) is 5.60. The SMILES string of the molecule is O=C(c1cnn2c1N[C@@H](c1ccco1)C[C@H]2C(F)(F)F)N1CCSCC1. The summed E-state index contributed by atoms with van der Waals surface area (Å²) < 4.78 is 46.9. The predicted molar refractivity (Wildman–Crippen MR) is 90.2 cm³/mol. The second kappa shape index (κ2) is 6.57. The molecule has 4 rings (SSSR count). The van der Waals surface area contributed by atoms with Gasteiger partial charge in [-0.3, -0.25) is 4.79 Å². The zero-order chi connectivity index (χ0) is 18.3. The summed E-state index contributed by atoms with van der Waals surface area (Å²) in [6.45, 7) is 1.16. The molecule has 2 aliphatic rings. The maximum absolute atomic E-state index is 13.6. The molecule has 0 bridgehead atoms. The Morgan fingerprint density at radius 2 is 2.12 bits per heavy atom. The molecule has 1 saturated heterocycles. The molecule has 26 heavy (non-hydrogen) atoms. The van der Waals surface area contributed by atoms with Crippen LogP contribution in [0.4, 0.5) is 19.0 Å². The maximum Gasteiger partial charge on any atom is 0.410 e. The molecule has 10 heteroatoms. The first-order valence-electron chi connectivity index (χ1n) is 8.26. The van der Waals surface area contributed by atoms with Crippen molar-refractivity contribution in [1.29, 1.82) is 0 Å². The van der Waals surface area contributed by atoms with E-state index in [4.69, 9.17) is 4.42 Å². The highest BCUT2D eigenvalue weighted by molar-refractivity contribution is 7.99. The number of fused-ring (bicyclic) bond motifs is 1. The van der Waals surface area contributed by atoms with Crippen LogP contribution < -0.4 is 5.32 Å². The van der Waals surface area contributed by atoms with Gasteiger partial charge in [-0.05, 0) is 12.1 Å². The number of rotatable bonds is 2. The first-order valence-corrected chi connectivity index (χ1v) is 9.42. The summed E-state index contributed by atoms with van der Waals surface area (Å²) >= 11 is 1.75. The van der Waals surface area contributed by atoms with Crippen molar-refractivity contribution < 1.29 is 22.4 Å². The monoisotopic (exact) mass is 386 g/mol. The van der Waals surface area contributed by atoms with Gasteiger partial charge in [0, 0.05) is 31.0 Å². The lowest BCUT2D eigenvalue weighted by Gasteiger charge is -2.33. The molecule has 4 heterocycles. The van der Waals surface area contributed by atoms with Gasteiger partial charge >= 0.3 is 6.18 Å². The Hall–Kier alpha value is -2.10. The Morgan fingerprint density at radius 1 is 1.35 bits per heavy atom. The van der Waals surface area contributed by atoms with Gasteiger partial charge in [0.2, 0.25) is 0 Å². The van der Waals surface area contributed by atoms with E-state index >= 15 is 0 Å². The molecule has 6 nitrogen and oxygen atoms in total. The van der Waals surface area contributed by atoms with E-state index in [0.29, 0.717) is 18.8 Å². The van der Waals surface area contributed by atoms with Crippen LogP contribution in [0.15, 0.2) is 29.0 Å². The molecule has 0 unspecified atom stereocenters. The molecule has 0 aromatic carbocycles. The van der Waals surface area contributed by atoms with Gasteiger partial charge in [0.05, 0.1) is 18.5 Å². The Labute approximate surface area is 151 Å². The molecule has 1 fully saturated rings. The molecule has 2 aliphatic heterocycles. The summed E-state index contributed by atoms with van der Waals surface area (Å²) in [7, 11) is 0. The Kier molecular flexibility index (Phi) is 4.37. The molecule has 2 aromatic rings. The van der Waals surface area contributed by atoms with E-state index in [9.17, 15) is 18.0 Å². The summed E-state index contributed by atoms with van der Waals surface area (Å²) in [6, 6.07) is 0.764. The fourth-order valence-corrected chi connectivity index (χ4v) is 4.23. The van der Waals surface area contributed by atoms with Crippen LogP contribution in [-0.4, -0.2) is 51.4 Å². The quantitative estimate of drug-likeness (QED) is 0.858. The number of nitrogens with zero attached hydrogens (tertiary/aromatic N) is 3. The molecule has 0 spiro atoms. The lowest BCUT2D eigenvalue weighted by molar-refractivity contribution is -0.174. The van der Waals surface area contributed by atoms with Crippen LogP contribution in [0.1, 0.15) is 34.6 Å². The number of amides is 1. The van der Waals surface area contributed by atoms with E-state index in [1.807, 2.05) is 0 Å². The molecular formula is C16H17F3N4O2S.